The number of nitrogens with zero attached hydrogens (tertiary/aromatic N) is 1. The van der Waals surface area contributed by atoms with E-state index in [9.17, 15) is 9.59 Å². The van der Waals surface area contributed by atoms with Crippen molar-refractivity contribution >= 4 is 28.8 Å². The van der Waals surface area contributed by atoms with Gasteiger partial charge in [0.2, 0.25) is 0 Å². The van der Waals surface area contributed by atoms with Crippen molar-refractivity contribution < 1.29 is 14.5 Å². The van der Waals surface area contributed by atoms with Crippen molar-refractivity contribution in [3.63, 3.8) is 0 Å². The van der Waals surface area contributed by atoms with Crippen molar-refractivity contribution in [3.8, 4) is 0 Å². The van der Waals surface area contributed by atoms with E-state index in [1.54, 1.807) is 23.3 Å². The second kappa shape index (κ2) is 8.96. The fraction of sp³-hybridized carbons (Fsp3) is 0.400. The van der Waals surface area contributed by atoms with Crippen LogP contribution in [-0.2, 0) is 16.1 Å². The molecule has 26 heavy (non-hydrogen) atoms. The SMILES string of the molecule is Cc1cc(C)c(NC(=O)C[NH+](C)CC(=O)N(C)Cc2ccsc2)c(C)c1. The predicted molar refractivity (Wildman–Crippen MR) is 107 cm³/mol. The molecule has 0 fully saturated rings. The number of aryl methyl sites for hydroxylation is 3. The van der Waals surface area contributed by atoms with Crippen molar-refractivity contribution in [3.05, 3.63) is 51.2 Å². The van der Waals surface area contributed by atoms with E-state index in [0.717, 1.165) is 27.3 Å². The highest BCUT2D eigenvalue weighted by Gasteiger charge is 2.18. The number of rotatable bonds is 7. The molecule has 5 nitrogen and oxygen atoms in total. The van der Waals surface area contributed by atoms with Crippen LogP contribution in [0.4, 0.5) is 5.69 Å². The number of carbonyl (C=O) groups is 2. The van der Waals surface area contributed by atoms with Gasteiger partial charge in [-0.3, -0.25) is 9.59 Å². The quantitative estimate of drug-likeness (QED) is 0.776. The molecule has 0 bridgehead atoms. The third-order valence-electron chi connectivity index (χ3n) is 4.28. The molecule has 0 radical (unpaired) electrons. The van der Waals surface area contributed by atoms with E-state index in [0.29, 0.717) is 13.1 Å². The first-order chi connectivity index (χ1) is 12.3. The second-order valence-electron chi connectivity index (χ2n) is 7.01. The van der Waals surface area contributed by atoms with Crippen LogP contribution < -0.4 is 10.2 Å². The lowest BCUT2D eigenvalue weighted by Gasteiger charge is -2.20. The van der Waals surface area contributed by atoms with Crippen molar-refractivity contribution in [2.45, 2.75) is 27.3 Å². The standard InChI is InChI=1S/C20H27N3O2S/c1-14-8-15(2)20(16(3)9-14)21-18(24)11-22(4)12-19(25)23(5)10-17-6-7-26-13-17/h6-9,13H,10-12H2,1-5H3,(H,21,24)/p+1. The first kappa shape index (κ1) is 20.1. The Balaban J connectivity index is 1.86. The second-order valence-corrected chi connectivity index (χ2v) is 7.79. The van der Waals surface area contributed by atoms with Gasteiger partial charge in [-0.05, 0) is 54.3 Å². The van der Waals surface area contributed by atoms with E-state index in [1.165, 1.54) is 5.56 Å². The summed E-state index contributed by atoms with van der Waals surface area (Å²) in [5.74, 6) is -0.0463. The molecule has 1 unspecified atom stereocenters. The van der Waals surface area contributed by atoms with Gasteiger partial charge in [0.25, 0.3) is 11.8 Å². The molecular formula is C20H28N3O2S+. The molecule has 6 heteroatoms. The molecule has 2 rings (SSSR count). The Morgan fingerprint density at radius 1 is 1.15 bits per heavy atom. The molecule has 2 aromatic rings. The Labute approximate surface area is 159 Å². The minimum Gasteiger partial charge on any atom is -0.337 e. The number of carbonyl (C=O) groups excluding carboxylic acids is 2. The zero-order chi connectivity index (χ0) is 19.3. The molecule has 0 saturated heterocycles. The highest BCUT2D eigenvalue weighted by atomic mass is 32.1. The molecular weight excluding hydrogens is 346 g/mol. The van der Waals surface area contributed by atoms with E-state index in [-0.39, 0.29) is 18.4 Å². The molecule has 2 N–H and O–H groups in total. The third-order valence-corrected chi connectivity index (χ3v) is 5.01. The maximum Gasteiger partial charge on any atom is 0.279 e. The van der Waals surface area contributed by atoms with Gasteiger partial charge in [-0.15, -0.1) is 0 Å². The van der Waals surface area contributed by atoms with Crippen molar-refractivity contribution in [1.82, 2.24) is 4.90 Å². The lowest BCUT2D eigenvalue weighted by molar-refractivity contribution is -0.862. The van der Waals surface area contributed by atoms with Crippen LogP contribution in [0.25, 0.3) is 0 Å². The maximum atomic E-state index is 12.4. The molecule has 0 saturated carbocycles. The average molecular weight is 375 g/mol. The van der Waals surface area contributed by atoms with Gasteiger partial charge in [0.15, 0.2) is 13.1 Å². The molecule has 0 aliphatic rings. The van der Waals surface area contributed by atoms with Crippen LogP contribution >= 0.6 is 11.3 Å². The van der Waals surface area contributed by atoms with Crippen molar-refractivity contribution in [1.29, 1.82) is 0 Å². The summed E-state index contributed by atoms with van der Waals surface area (Å²) in [7, 11) is 3.66. The summed E-state index contributed by atoms with van der Waals surface area (Å²) in [6, 6.07) is 6.13. The number of hydrogen-bond donors (Lipinski definition) is 2. The fourth-order valence-electron chi connectivity index (χ4n) is 3.04. The summed E-state index contributed by atoms with van der Waals surface area (Å²) >= 11 is 1.62. The minimum absolute atomic E-state index is 0.0317. The average Bonchev–Trinajstić information content (AvgIpc) is 3.03. The molecule has 2 amide bonds. The van der Waals surface area contributed by atoms with E-state index in [4.69, 9.17) is 0 Å². The lowest BCUT2D eigenvalue weighted by Crippen LogP contribution is -3.11. The summed E-state index contributed by atoms with van der Waals surface area (Å²) in [6.07, 6.45) is 0. The van der Waals surface area contributed by atoms with E-state index < -0.39 is 0 Å². The minimum atomic E-state index is -0.0779. The zero-order valence-electron chi connectivity index (χ0n) is 16.2. The first-order valence-electron chi connectivity index (χ1n) is 8.70. The normalized spacial score (nSPS) is 11.9. The number of likely N-dealkylation sites (N-methyl/N-ethyl adjacent to an activating group) is 2. The van der Waals surface area contributed by atoms with Gasteiger partial charge < -0.3 is 15.1 Å². The molecule has 0 aliphatic carbocycles. The van der Waals surface area contributed by atoms with Gasteiger partial charge in [0.1, 0.15) is 0 Å². The Morgan fingerprint density at radius 3 is 2.38 bits per heavy atom. The van der Waals surface area contributed by atoms with Crippen LogP contribution in [-0.4, -0.2) is 43.9 Å². The molecule has 1 aromatic carbocycles. The smallest absolute Gasteiger partial charge is 0.279 e. The van der Waals surface area contributed by atoms with Gasteiger partial charge in [-0.2, -0.15) is 11.3 Å². The van der Waals surface area contributed by atoms with E-state index >= 15 is 0 Å². The van der Waals surface area contributed by atoms with Gasteiger partial charge >= 0.3 is 0 Å². The Hall–Kier alpha value is -2.18. The Morgan fingerprint density at radius 2 is 1.81 bits per heavy atom. The predicted octanol–water partition coefficient (Wildman–Crippen LogP) is 1.79. The number of hydrogen-bond acceptors (Lipinski definition) is 3. The van der Waals surface area contributed by atoms with Gasteiger partial charge in [-0.25, -0.2) is 0 Å². The number of benzene rings is 1. The summed E-state index contributed by atoms with van der Waals surface area (Å²) in [4.78, 5) is 27.3. The summed E-state index contributed by atoms with van der Waals surface area (Å²) in [6.45, 7) is 7.18. The van der Waals surface area contributed by atoms with Crippen LogP contribution in [0.2, 0.25) is 0 Å². The summed E-state index contributed by atoms with van der Waals surface area (Å²) < 4.78 is 0. The Bertz CT molecular complexity index is 748. The molecule has 0 spiro atoms. The molecule has 140 valence electrons. The molecule has 1 aromatic heterocycles. The number of anilines is 1. The maximum absolute atomic E-state index is 12.4. The fourth-order valence-corrected chi connectivity index (χ4v) is 3.69. The topological polar surface area (TPSA) is 53.9 Å². The van der Waals surface area contributed by atoms with E-state index in [1.807, 2.05) is 44.6 Å². The van der Waals surface area contributed by atoms with Gasteiger partial charge in [0, 0.05) is 19.3 Å². The summed E-state index contributed by atoms with van der Waals surface area (Å²) in [5.41, 5.74) is 5.29. The molecule has 0 aliphatic heterocycles. The first-order valence-corrected chi connectivity index (χ1v) is 9.64. The lowest BCUT2D eigenvalue weighted by atomic mass is 10.1. The molecule has 1 heterocycles. The number of quaternary nitrogens is 1. The monoisotopic (exact) mass is 374 g/mol. The highest BCUT2D eigenvalue weighted by molar-refractivity contribution is 7.07. The summed E-state index contributed by atoms with van der Waals surface area (Å²) in [5, 5.41) is 7.04. The highest BCUT2D eigenvalue weighted by Crippen LogP contribution is 2.21. The van der Waals surface area contributed by atoms with Gasteiger partial charge in [-0.1, -0.05) is 17.7 Å². The van der Waals surface area contributed by atoms with Crippen LogP contribution in [0.1, 0.15) is 22.3 Å². The number of nitrogens with one attached hydrogen (secondary N) is 2. The third kappa shape index (κ3) is 5.68. The largest absolute Gasteiger partial charge is 0.337 e. The van der Waals surface area contributed by atoms with Crippen LogP contribution in [0.5, 0.6) is 0 Å². The van der Waals surface area contributed by atoms with E-state index in [2.05, 4.69) is 17.4 Å². The van der Waals surface area contributed by atoms with Crippen LogP contribution in [0, 0.1) is 20.8 Å². The van der Waals surface area contributed by atoms with Crippen LogP contribution in [0.3, 0.4) is 0 Å². The molecule has 1 atom stereocenters. The number of thiophene rings is 1. The van der Waals surface area contributed by atoms with Crippen molar-refractivity contribution in [2.24, 2.45) is 0 Å². The van der Waals surface area contributed by atoms with Crippen LogP contribution in [0.15, 0.2) is 29.0 Å². The Kier molecular flexibility index (Phi) is 6.94. The van der Waals surface area contributed by atoms with Gasteiger partial charge in [0.05, 0.1) is 7.05 Å². The zero-order valence-corrected chi connectivity index (χ0v) is 17.0. The van der Waals surface area contributed by atoms with Crippen molar-refractivity contribution in [2.75, 3.05) is 32.5 Å². The number of amides is 2.